The van der Waals surface area contributed by atoms with Gasteiger partial charge in [0.15, 0.2) is 5.78 Å². The molecule has 4 rings (SSSR count). The third-order valence-electron chi connectivity index (χ3n) is 7.90. The van der Waals surface area contributed by atoms with E-state index in [1.807, 2.05) is 6.08 Å². The summed E-state index contributed by atoms with van der Waals surface area (Å²) in [5.41, 5.74) is 1.72. The third kappa shape index (κ3) is 2.01. The zero-order chi connectivity index (χ0) is 16.2. The number of fused-ring (bicyclic) bond motifs is 5. The van der Waals surface area contributed by atoms with Gasteiger partial charge in [0.1, 0.15) is 5.94 Å². The lowest BCUT2D eigenvalue weighted by molar-refractivity contribution is -0.111. The zero-order valence-corrected chi connectivity index (χ0v) is 14.2. The molecule has 6 atom stereocenters. The van der Waals surface area contributed by atoms with Crippen molar-refractivity contribution in [1.29, 1.82) is 0 Å². The first-order chi connectivity index (χ1) is 11.0. The molecule has 0 heterocycles. The molecule has 3 fully saturated rings. The van der Waals surface area contributed by atoms with E-state index in [1.54, 1.807) is 12.2 Å². The summed E-state index contributed by atoms with van der Waals surface area (Å²) in [6, 6.07) is 0. The van der Waals surface area contributed by atoms with Crippen LogP contribution in [-0.2, 0) is 9.59 Å². The molecule has 122 valence electrons. The molecule has 0 aromatic rings. The standard InChI is InChI=1S/C21H26O2/c1-20-11-8-19-17(18(20)6-4-14(20)9-12-22)5-3-15-13-16(23)7-10-21(15,19)2/h7,9-10,13-14,17-19H,3-6,8,11H2,1-2H3/t14-,17-,18-,19-,20+,21-/m0/s1. The molecular formula is C21H26O2. The van der Waals surface area contributed by atoms with E-state index >= 15 is 0 Å². The molecule has 0 bridgehead atoms. The van der Waals surface area contributed by atoms with E-state index in [-0.39, 0.29) is 16.6 Å². The molecule has 0 amide bonds. The number of allylic oxidation sites excluding steroid dienone is 5. The molecule has 2 nitrogen and oxygen atoms in total. The molecule has 0 unspecified atom stereocenters. The molecule has 0 saturated heterocycles. The predicted molar refractivity (Wildman–Crippen MR) is 90.4 cm³/mol. The van der Waals surface area contributed by atoms with Crippen LogP contribution in [0.25, 0.3) is 0 Å². The maximum atomic E-state index is 11.8. The monoisotopic (exact) mass is 310 g/mol. The lowest BCUT2D eigenvalue weighted by atomic mass is 9.48. The van der Waals surface area contributed by atoms with Crippen molar-refractivity contribution in [3.63, 3.8) is 0 Å². The van der Waals surface area contributed by atoms with Crippen LogP contribution in [0.4, 0.5) is 0 Å². The number of rotatable bonds is 1. The SMILES string of the molecule is C[C@]12CC[C@H]3[C@@H](CCC4=CC(=O)C=C[C@@]43C)[C@@H]1CC[C@H]2C=C=O. The van der Waals surface area contributed by atoms with E-state index in [2.05, 4.69) is 25.9 Å². The lowest BCUT2D eigenvalue weighted by Gasteiger charge is -2.56. The fourth-order valence-electron chi connectivity index (χ4n) is 6.59. The first-order valence-electron chi connectivity index (χ1n) is 9.14. The van der Waals surface area contributed by atoms with Gasteiger partial charge >= 0.3 is 0 Å². The maximum Gasteiger partial charge on any atom is 0.178 e. The summed E-state index contributed by atoms with van der Waals surface area (Å²) in [7, 11) is 0. The Balaban J connectivity index is 1.68. The van der Waals surface area contributed by atoms with E-state index in [0.29, 0.717) is 11.8 Å². The Morgan fingerprint density at radius 1 is 1.17 bits per heavy atom. The van der Waals surface area contributed by atoms with Gasteiger partial charge in [0.2, 0.25) is 0 Å². The van der Waals surface area contributed by atoms with Gasteiger partial charge in [-0.2, -0.15) is 0 Å². The van der Waals surface area contributed by atoms with Gasteiger partial charge in [-0.1, -0.05) is 25.5 Å². The maximum absolute atomic E-state index is 11.8. The van der Waals surface area contributed by atoms with Crippen molar-refractivity contribution in [3.05, 3.63) is 29.9 Å². The fraction of sp³-hybridized carbons (Fsp3) is 0.667. The Morgan fingerprint density at radius 2 is 2.00 bits per heavy atom. The van der Waals surface area contributed by atoms with Crippen molar-refractivity contribution in [1.82, 2.24) is 0 Å². The second-order valence-corrected chi connectivity index (χ2v) is 8.62. The van der Waals surface area contributed by atoms with Crippen LogP contribution in [0, 0.1) is 34.5 Å². The first-order valence-corrected chi connectivity index (χ1v) is 9.14. The van der Waals surface area contributed by atoms with Gasteiger partial charge < -0.3 is 0 Å². The van der Waals surface area contributed by atoms with Gasteiger partial charge in [-0.25, -0.2) is 4.79 Å². The Labute approximate surface area is 138 Å². The highest BCUT2D eigenvalue weighted by Crippen LogP contribution is 2.65. The summed E-state index contributed by atoms with van der Waals surface area (Å²) in [4.78, 5) is 22.7. The van der Waals surface area contributed by atoms with E-state index < -0.39 is 0 Å². The van der Waals surface area contributed by atoms with E-state index in [9.17, 15) is 9.59 Å². The molecule has 23 heavy (non-hydrogen) atoms. The van der Waals surface area contributed by atoms with Crippen LogP contribution in [0.3, 0.4) is 0 Å². The Kier molecular flexibility index (Phi) is 3.32. The summed E-state index contributed by atoms with van der Waals surface area (Å²) in [5, 5.41) is 0. The highest BCUT2D eigenvalue weighted by Gasteiger charge is 2.57. The molecule has 0 aromatic heterocycles. The quantitative estimate of drug-likeness (QED) is 0.677. The lowest BCUT2D eigenvalue weighted by Crippen LogP contribution is -2.49. The number of hydrogen-bond acceptors (Lipinski definition) is 2. The van der Waals surface area contributed by atoms with Crippen LogP contribution in [0.1, 0.15) is 52.4 Å². The molecule has 4 aliphatic rings. The number of carbonyl (C=O) groups is 1. The average molecular weight is 310 g/mol. The summed E-state index contributed by atoms with van der Waals surface area (Å²) in [6.45, 7) is 4.76. The van der Waals surface area contributed by atoms with Crippen molar-refractivity contribution in [3.8, 4) is 0 Å². The van der Waals surface area contributed by atoms with Crippen LogP contribution in [0.5, 0.6) is 0 Å². The van der Waals surface area contributed by atoms with Crippen LogP contribution in [-0.4, -0.2) is 11.7 Å². The van der Waals surface area contributed by atoms with Gasteiger partial charge in [-0.3, -0.25) is 4.79 Å². The van der Waals surface area contributed by atoms with Crippen LogP contribution < -0.4 is 0 Å². The summed E-state index contributed by atoms with van der Waals surface area (Å²) >= 11 is 0. The van der Waals surface area contributed by atoms with Crippen LogP contribution in [0.2, 0.25) is 0 Å². The Hall–Kier alpha value is -1.40. The van der Waals surface area contributed by atoms with Gasteiger partial charge in [-0.05, 0) is 79.8 Å². The molecule has 0 spiro atoms. The van der Waals surface area contributed by atoms with Crippen LogP contribution in [0.15, 0.2) is 29.9 Å². The predicted octanol–water partition coefficient (Wildman–Crippen LogP) is 4.30. The first kappa shape index (κ1) is 15.1. The van der Waals surface area contributed by atoms with Gasteiger partial charge in [-0.15, -0.1) is 0 Å². The zero-order valence-electron chi connectivity index (χ0n) is 14.2. The van der Waals surface area contributed by atoms with E-state index in [4.69, 9.17) is 0 Å². The minimum atomic E-state index is 0.0801. The normalized spacial score (nSPS) is 47.9. The summed E-state index contributed by atoms with van der Waals surface area (Å²) in [5.74, 6) is 4.76. The minimum Gasteiger partial charge on any atom is -0.290 e. The smallest absolute Gasteiger partial charge is 0.178 e. The molecule has 0 N–H and O–H groups in total. The average Bonchev–Trinajstić information content (AvgIpc) is 2.85. The molecular weight excluding hydrogens is 284 g/mol. The number of hydrogen-bond donors (Lipinski definition) is 0. The summed E-state index contributed by atoms with van der Waals surface area (Å²) in [6.07, 6.45) is 14.8. The van der Waals surface area contributed by atoms with Crippen molar-refractivity contribution in [2.45, 2.75) is 52.4 Å². The Morgan fingerprint density at radius 3 is 2.78 bits per heavy atom. The summed E-state index contributed by atoms with van der Waals surface area (Å²) < 4.78 is 0. The molecule has 0 radical (unpaired) electrons. The fourth-order valence-corrected chi connectivity index (χ4v) is 6.59. The second kappa shape index (κ2) is 5.05. The van der Waals surface area contributed by atoms with Crippen LogP contribution >= 0.6 is 0 Å². The number of ketones is 1. The van der Waals surface area contributed by atoms with Gasteiger partial charge in [0.05, 0.1) is 0 Å². The highest BCUT2D eigenvalue weighted by atomic mass is 16.1. The second-order valence-electron chi connectivity index (χ2n) is 8.62. The van der Waals surface area contributed by atoms with Crippen molar-refractivity contribution < 1.29 is 9.59 Å². The molecule has 2 heteroatoms. The van der Waals surface area contributed by atoms with E-state index in [0.717, 1.165) is 24.7 Å². The minimum absolute atomic E-state index is 0.0801. The molecule has 0 aromatic carbocycles. The Bertz CT molecular complexity index is 651. The van der Waals surface area contributed by atoms with Crippen molar-refractivity contribution >= 4 is 11.7 Å². The molecule has 3 saturated carbocycles. The van der Waals surface area contributed by atoms with Crippen molar-refractivity contribution in [2.24, 2.45) is 34.5 Å². The molecule has 0 aliphatic heterocycles. The highest BCUT2D eigenvalue weighted by molar-refractivity contribution is 6.01. The van der Waals surface area contributed by atoms with Gasteiger partial charge in [0, 0.05) is 11.5 Å². The third-order valence-corrected chi connectivity index (χ3v) is 7.90. The molecule has 4 aliphatic carbocycles. The number of carbonyl (C=O) groups excluding carboxylic acids is 2. The van der Waals surface area contributed by atoms with E-state index in [1.165, 1.54) is 31.3 Å². The van der Waals surface area contributed by atoms with Crippen molar-refractivity contribution in [2.75, 3.05) is 0 Å². The topological polar surface area (TPSA) is 34.1 Å². The largest absolute Gasteiger partial charge is 0.290 e. The van der Waals surface area contributed by atoms with Gasteiger partial charge in [0.25, 0.3) is 0 Å².